The third-order valence-electron chi connectivity index (χ3n) is 2.47. The number of hydrogen-bond donors (Lipinski definition) is 2. The smallest absolute Gasteiger partial charge is 0.323 e. The molecule has 19 heavy (non-hydrogen) atoms. The van der Waals surface area contributed by atoms with E-state index in [1.807, 2.05) is 0 Å². The highest BCUT2D eigenvalue weighted by Gasteiger charge is 2.08. The van der Waals surface area contributed by atoms with Crippen molar-refractivity contribution < 1.29 is 9.90 Å². The van der Waals surface area contributed by atoms with Crippen molar-refractivity contribution in [2.75, 3.05) is 0 Å². The summed E-state index contributed by atoms with van der Waals surface area (Å²) in [5.41, 5.74) is 0.859. The van der Waals surface area contributed by atoms with E-state index in [1.54, 1.807) is 24.4 Å². The minimum absolute atomic E-state index is 0.204. The zero-order valence-corrected chi connectivity index (χ0v) is 12.0. The summed E-state index contributed by atoms with van der Waals surface area (Å²) in [6.45, 7) is -0.210. The summed E-state index contributed by atoms with van der Waals surface area (Å²) in [6, 6.07) is 5.21. The van der Waals surface area contributed by atoms with Gasteiger partial charge in [-0.2, -0.15) is 0 Å². The molecule has 1 heterocycles. The van der Waals surface area contributed by atoms with Gasteiger partial charge in [0.05, 0.1) is 0 Å². The van der Waals surface area contributed by atoms with Gasteiger partial charge >= 0.3 is 5.97 Å². The molecule has 1 aromatic carbocycles. The molecular weight excluding hydrogens is 307 g/mol. The number of benzene rings is 1. The fourth-order valence-corrected chi connectivity index (χ4v) is 2.92. The van der Waals surface area contributed by atoms with Crippen LogP contribution in [0.25, 0.3) is 0 Å². The Morgan fingerprint density at radius 1 is 1.42 bits per heavy atom. The summed E-state index contributed by atoms with van der Waals surface area (Å²) in [5.74, 6) is -0.969. The first kappa shape index (κ1) is 14.1. The minimum Gasteiger partial charge on any atom is -0.480 e. The van der Waals surface area contributed by atoms with Crippen LogP contribution < -0.4 is 4.80 Å². The van der Waals surface area contributed by atoms with Crippen molar-refractivity contribution in [1.82, 2.24) is 4.57 Å². The van der Waals surface area contributed by atoms with E-state index in [9.17, 15) is 4.79 Å². The molecule has 0 bridgehead atoms. The van der Waals surface area contributed by atoms with Gasteiger partial charge in [0.2, 0.25) is 0 Å². The molecule has 0 radical (unpaired) electrons. The van der Waals surface area contributed by atoms with Crippen LogP contribution in [0.3, 0.4) is 0 Å². The van der Waals surface area contributed by atoms with E-state index in [4.69, 9.17) is 33.7 Å². The van der Waals surface area contributed by atoms with Crippen molar-refractivity contribution in [2.24, 2.45) is 0 Å². The van der Waals surface area contributed by atoms with Crippen molar-refractivity contribution in [1.29, 1.82) is 5.41 Å². The lowest BCUT2D eigenvalue weighted by Crippen LogP contribution is -2.17. The van der Waals surface area contributed by atoms with Crippen LogP contribution >= 0.6 is 34.5 Å². The minimum atomic E-state index is -0.969. The topological polar surface area (TPSA) is 66.1 Å². The summed E-state index contributed by atoms with van der Waals surface area (Å²) in [6.07, 6.45) is 2.20. The van der Waals surface area contributed by atoms with Gasteiger partial charge in [-0.15, -0.1) is 11.3 Å². The molecule has 2 rings (SSSR count). The molecule has 2 N–H and O–H groups in total. The number of rotatable bonds is 4. The summed E-state index contributed by atoms with van der Waals surface area (Å²) in [7, 11) is 0. The van der Waals surface area contributed by atoms with Gasteiger partial charge in [0.1, 0.15) is 6.54 Å². The second-order valence-corrected chi connectivity index (χ2v) is 5.90. The third-order valence-corrected chi connectivity index (χ3v) is 4.01. The first-order valence-electron chi connectivity index (χ1n) is 5.35. The molecule has 0 aliphatic heterocycles. The van der Waals surface area contributed by atoms with Crippen LogP contribution in [0.15, 0.2) is 24.4 Å². The molecule has 0 aliphatic rings. The zero-order chi connectivity index (χ0) is 14.0. The Kier molecular flexibility index (Phi) is 4.29. The molecule has 0 amide bonds. The lowest BCUT2D eigenvalue weighted by molar-refractivity contribution is -0.137. The van der Waals surface area contributed by atoms with Gasteiger partial charge in [-0.3, -0.25) is 10.2 Å². The number of nitrogens with zero attached hydrogens (tertiary/aromatic N) is 1. The standard InChI is InChI=1S/C12H10Cl2N2O2S/c13-8-1-2-10(14)7(3-8)4-9-5-16(6-11(17)18)12(15)19-9/h1-3,5,15H,4,6H2,(H,17,18). The van der Waals surface area contributed by atoms with Crippen LogP contribution in [0.5, 0.6) is 0 Å². The molecule has 2 aromatic rings. The maximum Gasteiger partial charge on any atom is 0.323 e. The maximum atomic E-state index is 10.6. The number of thiazole rings is 1. The second kappa shape index (κ2) is 5.77. The Morgan fingerprint density at radius 3 is 2.84 bits per heavy atom. The van der Waals surface area contributed by atoms with E-state index in [0.29, 0.717) is 16.5 Å². The predicted molar refractivity (Wildman–Crippen MR) is 75.1 cm³/mol. The van der Waals surface area contributed by atoms with Gasteiger partial charge in [-0.25, -0.2) is 0 Å². The lowest BCUT2D eigenvalue weighted by atomic mass is 10.1. The predicted octanol–water partition coefficient (Wildman–Crippen LogP) is 3.01. The Labute approximate surface area is 123 Å². The quantitative estimate of drug-likeness (QED) is 0.910. The summed E-state index contributed by atoms with van der Waals surface area (Å²) >= 11 is 13.2. The molecule has 7 heteroatoms. The normalized spacial score (nSPS) is 10.6. The Morgan fingerprint density at radius 2 is 2.16 bits per heavy atom. The molecule has 1 aromatic heterocycles. The average Bonchev–Trinajstić information content (AvgIpc) is 2.64. The Bertz CT molecular complexity index is 679. The van der Waals surface area contributed by atoms with Crippen LogP contribution in [0.1, 0.15) is 10.4 Å². The van der Waals surface area contributed by atoms with Gasteiger partial charge in [-0.05, 0) is 23.8 Å². The number of carboxylic acid groups (broad SMARTS) is 1. The number of aliphatic carboxylic acids is 1. The largest absolute Gasteiger partial charge is 0.480 e. The number of hydrogen-bond acceptors (Lipinski definition) is 3. The molecule has 4 nitrogen and oxygen atoms in total. The van der Waals surface area contributed by atoms with Crippen LogP contribution in [-0.2, 0) is 17.8 Å². The van der Waals surface area contributed by atoms with E-state index in [2.05, 4.69) is 0 Å². The summed E-state index contributed by atoms with van der Waals surface area (Å²) < 4.78 is 1.39. The van der Waals surface area contributed by atoms with Crippen molar-refractivity contribution in [3.8, 4) is 0 Å². The molecular formula is C12H10Cl2N2O2S. The van der Waals surface area contributed by atoms with E-state index >= 15 is 0 Å². The fraction of sp³-hybridized carbons (Fsp3) is 0.167. The van der Waals surface area contributed by atoms with Crippen LogP contribution in [-0.4, -0.2) is 15.6 Å². The van der Waals surface area contributed by atoms with Crippen LogP contribution in [0.4, 0.5) is 0 Å². The monoisotopic (exact) mass is 316 g/mol. The van der Waals surface area contributed by atoms with E-state index < -0.39 is 5.97 Å². The number of carbonyl (C=O) groups is 1. The number of halogens is 2. The highest BCUT2D eigenvalue weighted by molar-refractivity contribution is 7.09. The van der Waals surface area contributed by atoms with Gasteiger partial charge in [0.15, 0.2) is 4.80 Å². The zero-order valence-electron chi connectivity index (χ0n) is 9.69. The van der Waals surface area contributed by atoms with E-state index in [1.165, 1.54) is 15.9 Å². The highest BCUT2D eigenvalue weighted by atomic mass is 35.5. The van der Waals surface area contributed by atoms with Gasteiger partial charge in [0.25, 0.3) is 0 Å². The second-order valence-electron chi connectivity index (χ2n) is 3.94. The average molecular weight is 317 g/mol. The van der Waals surface area contributed by atoms with Crippen LogP contribution in [0.2, 0.25) is 10.0 Å². The van der Waals surface area contributed by atoms with E-state index in [-0.39, 0.29) is 11.3 Å². The van der Waals surface area contributed by atoms with Crippen molar-refractivity contribution >= 4 is 40.5 Å². The van der Waals surface area contributed by atoms with Crippen molar-refractivity contribution in [3.63, 3.8) is 0 Å². The number of aromatic nitrogens is 1. The lowest BCUT2D eigenvalue weighted by Gasteiger charge is -2.02. The Balaban J connectivity index is 2.26. The highest BCUT2D eigenvalue weighted by Crippen LogP contribution is 2.24. The molecule has 0 fully saturated rings. The SMILES string of the molecule is N=c1sc(Cc2cc(Cl)ccc2Cl)cn1CC(=O)O. The van der Waals surface area contributed by atoms with Crippen molar-refractivity contribution in [3.05, 3.63) is 49.7 Å². The first-order chi connectivity index (χ1) is 8.95. The Hall–Kier alpha value is -1.30. The molecule has 100 valence electrons. The molecule has 0 spiro atoms. The fourth-order valence-electron chi connectivity index (χ4n) is 1.65. The summed E-state index contributed by atoms with van der Waals surface area (Å²) in [4.78, 5) is 11.7. The van der Waals surface area contributed by atoms with Gasteiger partial charge < -0.3 is 9.67 Å². The first-order valence-corrected chi connectivity index (χ1v) is 6.92. The molecule has 0 aliphatic carbocycles. The molecule has 0 saturated carbocycles. The summed E-state index contributed by atoms with van der Waals surface area (Å²) in [5, 5.41) is 17.6. The molecule has 0 saturated heterocycles. The van der Waals surface area contributed by atoms with Gasteiger partial charge in [-0.1, -0.05) is 23.2 Å². The van der Waals surface area contributed by atoms with E-state index in [0.717, 1.165) is 10.4 Å². The number of carboxylic acids is 1. The van der Waals surface area contributed by atoms with Crippen molar-refractivity contribution in [2.45, 2.75) is 13.0 Å². The van der Waals surface area contributed by atoms with Crippen LogP contribution in [0, 0.1) is 5.41 Å². The third kappa shape index (κ3) is 3.59. The molecule has 0 unspecified atom stereocenters. The number of nitrogens with one attached hydrogen (secondary N) is 1. The van der Waals surface area contributed by atoms with Gasteiger partial charge in [0, 0.05) is 27.5 Å². The maximum absolute atomic E-state index is 10.6. The molecule has 0 atom stereocenters.